The fraction of sp³-hybridized carbons (Fsp3) is 0.600. The van der Waals surface area contributed by atoms with Crippen LogP contribution in [0.1, 0.15) is 0 Å². The van der Waals surface area contributed by atoms with Gasteiger partial charge < -0.3 is 44.1 Å². The van der Waals surface area contributed by atoms with Gasteiger partial charge in [0.25, 0.3) is 0 Å². The van der Waals surface area contributed by atoms with Crippen molar-refractivity contribution in [3.05, 3.63) is 12.1 Å². The maximum Gasteiger partial charge on any atom is 0.229 e. The van der Waals surface area contributed by atoms with Crippen LogP contribution in [0.5, 0.6) is 23.0 Å². The summed E-state index contributed by atoms with van der Waals surface area (Å²) in [4.78, 5) is 0. The first-order valence-corrected chi connectivity index (χ1v) is 7.24. The summed E-state index contributed by atoms with van der Waals surface area (Å²) in [6.07, 6.45) is -6.99. The van der Waals surface area contributed by atoms with Crippen molar-refractivity contribution in [3.8, 4) is 23.0 Å². The van der Waals surface area contributed by atoms with Crippen LogP contribution in [0.3, 0.4) is 0 Å². The van der Waals surface area contributed by atoms with Crippen molar-refractivity contribution in [1.29, 1.82) is 0 Å². The molecule has 2 rings (SSSR count). The Morgan fingerprint density at radius 2 is 1.50 bits per heavy atom. The molecule has 0 radical (unpaired) electrons. The minimum atomic E-state index is -1.55. The number of aliphatic hydroxyl groups excluding tert-OH is 4. The Hall–Kier alpha value is -1.78. The number of benzene rings is 1. The molecule has 9 heteroatoms. The summed E-state index contributed by atoms with van der Waals surface area (Å²) >= 11 is 0. The fourth-order valence-corrected chi connectivity index (χ4v) is 2.37. The van der Waals surface area contributed by atoms with E-state index in [0.29, 0.717) is 5.75 Å². The summed E-state index contributed by atoms with van der Waals surface area (Å²) in [5.74, 6) is 1.08. The van der Waals surface area contributed by atoms with Crippen LogP contribution in [0.15, 0.2) is 12.1 Å². The molecule has 136 valence electrons. The third-order valence-corrected chi connectivity index (χ3v) is 3.75. The van der Waals surface area contributed by atoms with Gasteiger partial charge in [0.05, 0.1) is 27.9 Å². The average molecular weight is 346 g/mol. The van der Waals surface area contributed by atoms with Crippen LogP contribution in [-0.4, -0.2) is 79.1 Å². The molecule has 0 saturated carbocycles. The molecule has 9 nitrogen and oxygen atoms in total. The van der Waals surface area contributed by atoms with Gasteiger partial charge in [0.2, 0.25) is 12.0 Å². The molecule has 1 aliphatic rings. The standard InChI is InChI=1S/C15H22O9/c1-20-7-4-8(21-2)14(9(5-7)22-3)24-15-13(19)12(18)11(17)10(6-16)23-15/h4-5,10-13,15-19H,6H2,1-3H3/t10-,11-,12+,13-,15+/m1/s1. The van der Waals surface area contributed by atoms with Gasteiger partial charge >= 0.3 is 0 Å². The summed E-state index contributed by atoms with van der Waals surface area (Å²) in [5, 5.41) is 38.9. The van der Waals surface area contributed by atoms with E-state index in [4.69, 9.17) is 23.7 Å². The molecule has 0 aromatic heterocycles. The van der Waals surface area contributed by atoms with E-state index in [1.54, 1.807) is 12.1 Å². The van der Waals surface area contributed by atoms with Crippen LogP contribution >= 0.6 is 0 Å². The molecule has 5 atom stereocenters. The van der Waals surface area contributed by atoms with Gasteiger partial charge in [-0.1, -0.05) is 0 Å². The molecule has 1 saturated heterocycles. The van der Waals surface area contributed by atoms with Crippen LogP contribution < -0.4 is 18.9 Å². The zero-order valence-corrected chi connectivity index (χ0v) is 13.6. The highest BCUT2D eigenvalue weighted by Gasteiger charge is 2.45. The lowest BCUT2D eigenvalue weighted by Gasteiger charge is -2.39. The normalized spacial score (nSPS) is 29.9. The van der Waals surface area contributed by atoms with E-state index >= 15 is 0 Å². The maximum absolute atomic E-state index is 10.1. The van der Waals surface area contributed by atoms with Crippen molar-refractivity contribution in [2.45, 2.75) is 30.7 Å². The SMILES string of the molecule is COc1cc(OC)c(O[C@@H]2O[C@H](CO)[C@@H](O)[C@H](O)[C@H]2O)c(OC)c1. The van der Waals surface area contributed by atoms with E-state index in [-0.39, 0.29) is 17.2 Å². The summed E-state index contributed by atoms with van der Waals surface area (Å²) in [6, 6.07) is 3.09. The predicted molar refractivity (Wildman–Crippen MR) is 80.5 cm³/mol. The van der Waals surface area contributed by atoms with Crippen LogP contribution in [-0.2, 0) is 4.74 Å². The first kappa shape index (κ1) is 18.6. The van der Waals surface area contributed by atoms with Crippen LogP contribution in [0.4, 0.5) is 0 Å². The Labute approximate surface area is 138 Å². The van der Waals surface area contributed by atoms with Crippen molar-refractivity contribution in [1.82, 2.24) is 0 Å². The highest BCUT2D eigenvalue weighted by atomic mass is 16.7. The Morgan fingerprint density at radius 1 is 0.917 bits per heavy atom. The molecule has 0 spiro atoms. The van der Waals surface area contributed by atoms with Gasteiger partial charge in [0.15, 0.2) is 11.5 Å². The van der Waals surface area contributed by atoms with Crippen LogP contribution in [0.25, 0.3) is 0 Å². The van der Waals surface area contributed by atoms with Gasteiger partial charge in [0.1, 0.15) is 30.2 Å². The molecule has 0 unspecified atom stereocenters. The smallest absolute Gasteiger partial charge is 0.229 e. The first-order valence-electron chi connectivity index (χ1n) is 7.24. The van der Waals surface area contributed by atoms with Gasteiger partial charge in [-0.05, 0) is 0 Å². The van der Waals surface area contributed by atoms with E-state index < -0.39 is 37.3 Å². The summed E-state index contributed by atoms with van der Waals surface area (Å²) < 4.78 is 26.5. The Bertz CT molecular complexity index is 523. The Kier molecular flexibility index (Phi) is 6.08. The van der Waals surface area contributed by atoms with E-state index in [2.05, 4.69) is 0 Å². The molecule has 1 heterocycles. The van der Waals surface area contributed by atoms with Crippen molar-refractivity contribution >= 4 is 0 Å². The monoisotopic (exact) mass is 346 g/mol. The predicted octanol–water partition coefficient (Wildman–Crippen LogP) is -1.11. The van der Waals surface area contributed by atoms with Gasteiger partial charge in [-0.2, -0.15) is 0 Å². The second kappa shape index (κ2) is 7.86. The lowest BCUT2D eigenvalue weighted by atomic mass is 9.99. The average Bonchev–Trinajstić information content (AvgIpc) is 2.61. The second-order valence-corrected chi connectivity index (χ2v) is 5.18. The van der Waals surface area contributed by atoms with Gasteiger partial charge in [-0.25, -0.2) is 0 Å². The van der Waals surface area contributed by atoms with Crippen molar-refractivity contribution < 1.29 is 44.1 Å². The highest BCUT2D eigenvalue weighted by molar-refractivity contribution is 5.56. The molecule has 1 fully saturated rings. The van der Waals surface area contributed by atoms with E-state index in [0.717, 1.165) is 0 Å². The third-order valence-electron chi connectivity index (χ3n) is 3.75. The number of aliphatic hydroxyl groups is 4. The van der Waals surface area contributed by atoms with E-state index in [1.807, 2.05) is 0 Å². The third kappa shape index (κ3) is 3.50. The maximum atomic E-state index is 10.1. The second-order valence-electron chi connectivity index (χ2n) is 5.18. The van der Waals surface area contributed by atoms with E-state index in [9.17, 15) is 20.4 Å². The molecule has 1 aliphatic heterocycles. The molecule has 1 aromatic rings. The molecular formula is C15H22O9. The van der Waals surface area contributed by atoms with Gasteiger partial charge in [-0.15, -0.1) is 0 Å². The number of methoxy groups -OCH3 is 3. The highest BCUT2D eigenvalue weighted by Crippen LogP contribution is 2.42. The van der Waals surface area contributed by atoms with Crippen LogP contribution in [0.2, 0.25) is 0 Å². The number of hydrogen-bond acceptors (Lipinski definition) is 9. The molecule has 0 bridgehead atoms. The molecule has 4 N–H and O–H groups in total. The Balaban J connectivity index is 2.32. The molecule has 0 amide bonds. The molecule has 24 heavy (non-hydrogen) atoms. The molecular weight excluding hydrogens is 324 g/mol. The summed E-state index contributed by atoms with van der Waals surface area (Å²) in [6.45, 7) is -0.554. The summed E-state index contributed by atoms with van der Waals surface area (Å²) in [5.41, 5.74) is 0. The molecule has 1 aromatic carbocycles. The topological polar surface area (TPSA) is 127 Å². The lowest BCUT2D eigenvalue weighted by molar-refractivity contribution is -0.277. The number of ether oxygens (including phenoxy) is 5. The zero-order valence-electron chi connectivity index (χ0n) is 13.6. The minimum absolute atomic E-state index is 0.116. The number of rotatable bonds is 6. The quantitative estimate of drug-likeness (QED) is 0.507. The molecule has 0 aliphatic carbocycles. The van der Waals surface area contributed by atoms with Gasteiger partial charge in [0, 0.05) is 12.1 Å². The fourth-order valence-electron chi connectivity index (χ4n) is 2.37. The zero-order chi connectivity index (χ0) is 17.9. The lowest BCUT2D eigenvalue weighted by Crippen LogP contribution is -2.60. The Morgan fingerprint density at radius 3 is 1.96 bits per heavy atom. The van der Waals surface area contributed by atoms with Crippen molar-refractivity contribution in [2.75, 3.05) is 27.9 Å². The van der Waals surface area contributed by atoms with Crippen molar-refractivity contribution in [2.24, 2.45) is 0 Å². The van der Waals surface area contributed by atoms with Crippen molar-refractivity contribution in [3.63, 3.8) is 0 Å². The van der Waals surface area contributed by atoms with Crippen LogP contribution in [0, 0.1) is 0 Å². The van der Waals surface area contributed by atoms with Gasteiger partial charge in [-0.3, -0.25) is 0 Å². The van der Waals surface area contributed by atoms with E-state index in [1.165, 1.54) is 21.3 Å². The summed E-state index contributed by atoms with van der Waals surface area (Å²) in [7, 11) is 4.30. The largest absolute Gasteiger partial charge is 0.496 e. The first-order chi connectivity index (χ1) is 11.5. The minimum Gasteiger partial charge on any atom is -0.496 e. The number of hydrogen-bond donors (Lipinski definition) is 4.